The molecule has 0 spiro atoms. The molecule has 0 saturated heterocycles. The topological polar surface area (TPSA) is 99.3 Å². The predicted molar refractivity (Wildman–Crippen MR) is 107 cm³/mol. The minimum atomic E-state index is -0.409. The van der Waals surface area contributed by atoms with E-state index in [1.165, 1.54) is 0 Å². The molecule has 8 heteroatoms. The molecule has 27 heavy (non-hydrogen) atoms. The summed E-state index contributed by atoms with van der Waals surface area (Å²) in [6.45, 7) is 2.58. The smallest absolute Gasteiger partial charge is 0.319 e. The zero-order valence-electron chi connectivity index (χ0n) is 14.8. The van der Waals surface area contributed by atoms with Crippen molar-refractivity contribution in [3.63, 3.8) is 0 Å². The van der Waals surface area contributed by atoms with E-state index in [4.69, 9.17) is 0 Å². The lowest BCUT2D eigenvalue weighted by molar-refractivity contribution is -0.121. The third-order valence-corrected chi connectivity index (χ3v) is 4.24. The molecular weight excluding hydrogens is 412 g/mol. The normalized spacial score (nSPS) is 10.0. The maximum Gasteiger partial charge on any atom is 0.319 e. The van der Waals surface area contributed by atoms with Crippen LogP contribution in [-0.4, -0.2) is 24.4 Å². The van der Waals surface area contributed by atoms with Crippen molar-refractivity contribution in [2.45, 2.75) is 19.8 Å². The van der Waals surface area contributed by atoms with E-state index < -0.39 is 5.91 Å². The number of hydrazine groups is 1. The summed E-state index contributed by atoms with van der Waals surface area (Å²) in [5, 5.41) is 5.42. The summed E-state index contributed by atoms with van der Waals surface area (Å²) in [5.74, 6) is -0.759. The van der Waals surface area contributed by atoms with Gasteiger partial charge in [0.05, 0.1) is 12.0 Å². The summed E-state index contributed by atoms with van der Waals surface area (Å²) in [7, 11) is 0. The Kier molecular flexibility index (Phi) is 7.81. The summed E-state index contributed by atoms with van der Waals surface area (Å²) >= 11 is 3.29. The summed E-state index contributed by atoms with van der Waals surface area (Å²) in [4.78, 5) is 35.6. The molecule has 4 amide bonds. The van der Waals surface area contributed by atoms with Gasteiger partial charge >= 0.3 is 6.03 Å². The van der Waals surface area contributed by atoms with Crippen molar-refractivity contribution in [3.8, 4) is 0 Å². The first-order valence-electron chi connectivity index (χ1n) is 8.47. The molecule has 4 N–H and O–H groups in total. The Balaban J connectivity index is 1.81. The predicted octanol–water partition coefficient (Wildman–Crippen LogP) is 2.98. The van der Waals surface area contributed by atoms with Crippen LogP contribution >= 0.6 is 15.9 Å². The number of urea groups is 1. The third-order valence-electron chi connectivity index (χ3n) is 3.55. The van der Waals surface area contributed by atoms with Crippen LogP contribution in [0.1, 0.15) is 29.3 Å². The Labute approximate surface area is 166 Å². The highest BCUT2D eigenvalue weighted by molar-refractivity contribution is 9.10. The summed E-state index contributed by atoms with van der Waals surface area (Å²) in [6.07, 6.45) is 0.956. The van der Waals surface area contributed by atoms with Gasteiger partial charge in [-0.15, -0.1) is 0 Å². The SMILES string of the molecule is CCCNC(=O)Nc1ccc(CC(=O)NNC(=O)c2ccccc2Br)cc1. The number of carbonyl (C=O) groups is 3. The van der Waals surface area contributed by atoms with Crippen LogP contribution in [0.3, 0.4) is 0 Å². The number of rotatable bonds is 6. The molecule has 0 aromatic heterocycles. The number of carbonyl (C=O) groups excluding carboxylic acids is 3. The minimum Gasteiger partial charge on any atom is -0.338 e. The van der Waals surface area contributed by atoms with Gasteiger partial charge in [-0.2, -0.15) is 0 Å². The van der Waals surface area contributed by atoms with Crippen molar-refractivity contribution in [3.05, 3.63) is 64.1 Å². The van der Waals surface area contributed by atoms with Gasteiger partial charge in [0.2, 0.25) is 5.91 Å². The van der Waals surface area contributed by atoms with Crippen molar-refractivity contribution < 1.29 is 14.4 Å². The van der Waals surface area contributed by atoms with Gasteiger partial charge in [0.25, 0.3) is 5.91 Å². The highest BCUT2D eigenvalue weighted by Crippen LogP contribution is 2.15. The molecule has 0 aliphatic carbocycles. The highest BCUT2D eigenvalue weighted by Gasteiger charge is 2.10. The number of halogens is 1. The first-order chi connectivity index (χ1) is 13.0. The fourth-order valence-corrected chi connectivity index (χ4v) is 2.65. The second kappa shape index (κ2) is 10.3. The van der Waals surface area contributed by atoms with Gasteiger partial charge in [-0.3, -0.25) is 20.4 Å². The second-order valence-electron chi connectivity index (χ2n) is 5.74. The molecular formula is C19H21BrN4O3. The maximum absolute atomic E-state index is 12.0. The number of hydrogen-bond acceptors (Lipinski definition) is 3. The molecule has 2 rings (SSSR count). The Hall–Kier alpha value is -2.87. The van der Waals surface area contributed by atoms with Gasteiger partial charge < -0.3 is 10.6 Å². The maximum atomic E-state index is 12.0. The number of amides is 4. The first kappa shape index (κ1) is 20.4. The summed E-state index contributed by atoms with van der Waals surface area (Å²) in [5.41, 5.74) is 6.58. The molecule has 0 radical (unpaired) electrons. The van der Waals surface area contributed by atoms with Crippen LogP contribution in [-0.2, 0) is 11.2 Å². The lowest BCUT2D eigenvalue weighted by Crippen LogP contribution is -2.42. The molecule has 0 unspecified atom stereocenters. The Morgan fingerprint density at radius 2 is 1.67 bits per heavy atom. The van der Waals surface area contributed by atoms with Crippen molar-refractivity contribution >= 4 is 39.5 Å². The van der Waals surface area contributed by atoms with Crippen molar-refractivity contribution in [1.82, 2.24) is 16.2 Å². The quantitative estimate of drug-likeness (QED) is 0.527. The molecule has 0 fully saturated rings. The molecule has 0 saturated carbocycles. The van der Waals surface area contributed by atoms with Crippen LogP contribution in [0.4, 0.5) is 10.5 Å². The van der Waals surface area contributed by atoms with E-state index in [0.717, 1.165) is 12.0 Å². The van der Waals surface area contributed by atoms with Crippen molar-refractivity contribution in [1.29, 1.82) is 0 Å². The number of anilines is 1. The molecule has 0 heterocycles. The molecule has 7 nitrogen and oxygen atoms in total. The van der Waals surface area contributed by atoms with Gasteiger partial charge in [0, 0.05) is 16.7 Å². The van der Waals surface area contributed by atoms with Crippen LogP contribution in [0.15, 0.2) is 53.0 Å². The van der Waals surface area contributed by atoms with Gasteiger partial charge in [-0.25, -0.2) is 4.79 Å². The van der Waals surface area contributed by atoms with E-state index in [-0.39, 0.29) is 18.4 Å². The zero-order valence-corrected chi connectivity index (χ0v) is 16.4. The number of benzene rings is 2. The van der Waals surface area contributed by atoms with Crippen LogP contribution in [0.5, 0.6) is 0 Å². The second-order valence-corrected chi connectivity index (χ2v) is 6.59. The molecule has 2 aromatic rings. The lowest BCUT2D eigenvalue weighted by atomic mass is 10.1. The van der Waals surface area contributed by atoms with Gasteiger partial charge in [-0.1, -0.05) is 31.2 Å². The van der Waals surface area contributed by atoms with Crippen molar-refractivity contribution in [2.24, 2.45) is 0 Å². The Bertz CT molecular complexity index is 809. The average molecular weight is 433 g/mol. The van der Waals surface area contributed by atoms with Gasteiger partial charge in [0.1, 0.15) is 0 Å². The van der Waals surface area contributed by atoms with Crippen LogP contribution in [0.2, 0.25) is 0 Å². The monoisotopic (exact) mass is 432 g/mol. The Morgan fingerprint density at radius 1 is 0.963 bits per heavy atom. The molecule has 0 bridgehead atoms. The molecule has 0 atom stereocenters. The van der Waals surface area contributed by atoms with Crippen LogP contribution in [0.25, 0.3) is 0 Å². The minimum absolute atomic E-state index is 0.0958. The van der Waals surface area contributed by atoms with Crippen LogP contribution in [0, 0.1) is 0 Å². The molecule has 142 valence electrons. The van der Waals surface area contributed by atoms with E-state index in [0.29, 0.717) is 22.3 Å². The molecule has 2 aromatic carbocycles. The van der Waals surface area contributed by atoms with E-state index in [9.17, 15) is 14.4 Å². The third kappa shape index (κ3) is 6.74. The summed E-state index contributed by atoms with van der Waals surface area (Å²) < 4.78 is 0.641. The van der Waals surface area contributed by atoms with E-state index in [2.05, 4.69) is 37.4 Å². The fraction of sp³-hybridized carbons (Fsp3) is 0.211. The van der Waals surface area contributed by atoms with E-state index >= 15 is 0 Å². The van der Waals surface area contributed by atoms with Crippen molar-refractivity contribution in [2.75, 3.05) is 11.9 Å². The van der Waals surface area contributed by atoms with Gasteiger partial charge in [-0.05, 0) is 52.2 Å². The number of hydrogen-bond donors (Lipinski definition) is 4. The zero-order chi connectivity index (χ0) is 19.6. The number of nitrogens with one attached hydrogen (secondary N) is 4. The van der Waals surface area contributed by atoms with Gasteiger partial charge in [0.15, 0.2) is 0 Å². The fourth-order valence-electron chi connectivity index (χ4n) is 2.19. The molecule has 0 aliphatic rings. The Morgan fingerprint density at radius 3 is 2.33 bits per heavy atom. The lowest BCUT2D eigenvalue weighted by Gasteiger charge is -2.09. The highest BCUT2D eigenvalue weighted by atomic mass is 79.9. The average Bonchev–Trinajstić information content (AvgIpc) is 2.66. The van der Waals surface area contributed by atoms with E-state index in [1.807, 2.05) is 6.92 Å². The molecule has 0 aliphatic heterocycles. The standard InChI is InChI=1S/C19H21BrN4O3/c1-2-11-21-19(27)22-14-9-7-13(8-10-14)12-17(25)23-24-18(26)15-5-3-4-6-16(15)20/h3-10H,2,11-12H2,1H3,(H,23,25)(H,24,26)(H2,21,22,27). The van der Waals surface area contributed by atoms with E-state index in [1.54, 1.807) is 48.5 Å². The first-order valence-corrected chi connectivity index (χ1v) is 9.26. The largest absolute Gasteiger partial charge is 0.338 e. The van der Waals surface area contributed by atoms with Crippen LogP contribution < -0.4 is 21.5 Å². The summed E-state index contributed by atoms with van der Waals surface area (Å²) in [6, 6.07) is 13.6.